The van der Waals surface area contributed by atoms with Crippen molar-refractivity contribution in [1.29, 1.82) is 0 Å². The van der Waals surface area contributed by atoms with Gasteiger partial charge in [-0.05, 0) is 69.9 Å². The first-order chi connectivity index (χ1) is 13.6. The van der Waals surface area contributed by atoms with Crippen LogP contribution in [0, 0.1) is 6.92 Å². The van der Waals surface area contributed by atoms with Gasteiger partial charge < -0.3 is 20.9 Å². The predicted octanol–water partition coefficient (Wildman–Crippen LogP) is 2.25. The molecule has 0 spiro atoms. The van der Waals surface area contributed by atoms with Crippen molar-refractivity contribution in [2.24, 2.45) is 5.73 Å². The third-order valence-electron chi connectivity index (χ3n) is 5.16. The molecular formula is C20H28N6O2. The number of nitrogens with two attached hydrogens (primary N) is 1. The standard InChI is InChI=1S/C20H28N6O2/c1-14-5-2-3-6-17(14)23-20(28)25-19-22-13-16(18(27)24-19)15-7-11-26(12-8-15)10-4-9-21/h2-3,5-6,13,15H,4,7-12,21H2,1H3,(H3,22,23,24,25,27,28). The molecule has 1 fully saturated rings. The predicted molar refractivity (Wildman–Crippen MR) is 111 cm³/mol. The molecule has 150 valence electrons. The summed E-state index contributed by atoms with van der Waals surface area (Å²) < 4.78 is 0. The fourth-order valence-electron chi connectivity index (χ4n) is 3.52. The van der Waals surface area contributed by atoms with Crippen molar-refractivity contribution >= 4 is 17.7 Å². The van der Waals surface area contributed by atoms with E-state index in [4.69, 9.17) is 5.73 Å². The van der Waals surface area contributed by atoms with Crippen LogP contribution in [0.25, 0.3) is 0 Å². The van der Waals surface area contributed by atoms with E-state index in [-0.39, 0.29) is 17.4 Å². The van der Waals surface area contributed by atoms with Crippen LogP contribution in [0.1, 0.15) is 36.3 Å². The molecule has 2 amide bonds. The molecule has 28 heavy (non-hydrogen) atoms. The van der Waals surface area contributed by atoms with E-state index in [1.807, 2.05) is 31.2 Å². The number of benzene rings is 1. The number of aromatic nitrogens is 2. The highest BCUT2D eigenvalue weighted by Gasteiger charge is 2.23. The fourth-order valence-corrected chi connectivity index (χ4v) is 3.52. The molecule has 2 heterocycles. The Labute approximate surface area is 164 Å². The molecule has 0 bridgehead atoms. The van der Waals surface area contributed by atoms with Crippen LogP contribution < -0.4 is 21.9 Å². The Balaban J connectivity index is 1.58. The van der Waals surface area contributed by atoms with Gasteiger partial charge in [0, 0.05) is 17.4 Å². The Kier molecular flexibility index (Phi) is 6.78. The summed E-state index contributed by atoms with van der Waals surface area (Å²) in [5.74, 6) is 0.334. The lowest BCUT2D eigenvalue weighted by atomic mass is 9.91. The zero-order valence-corrected chi connectivity index (χ0v) is 16.2. The van der Waals surface area contributed by atoms with Gasteiger partial charge in [-0.3, -0.25) is 10.1 Å². The summed E-state index contributed by atoms with van der Waals surface area (Å²) >= 11 is 0. The van der Waals surface area contributed by atoms with Crippen LogP contribution in [0.3, 0.4) is 0 Å². The van der Waals surface area contributed by atoms with Gasteiger partial charge in [0.15, 0.2) is 0 Å². The first-order valence-corrected chi connectivity index (χ1v) is 9.72. The Bertz CT molecular complexity index is 858. The molecule has 1 aliphatic rings. The third kappa shape index (κ3) is 5.17. The lowest BCUT2D eigenvalue weighted by Gasteiger charge is -2.31. The van der Waals surface area contributed by atoms with Crippen molar-refractivity contribution < 1.29 is 4.79 Å². The molecule has 8 heteroatoms. The Hall–Kier alpha value is -2.71. The number of anilines is 2. The van der Waals surface area contributed by atoms with Crippen molar-refractivity contribution in [3.8, 4) is 0 Å². The first-order valence-electron chi connectivity index (χ1n) is 9.72. The maximum Gasteiger partial charge on any atom is 0.326 e. The second kappa shape index (κ2) is 9.48. The lowest BCUT2D eigenvalue weighted by Crippen LogP contribution is -2.36. The zero-order valence-electron chi connectivity index (χ0n) is 16.2. The molecule has 1 aromatic heterocycles. The Morgan fingerprint density at radius 2 is 2.04 bits per heavy atom. The maximum absolute atomic E-state index is 12.5. The quantitative estimate of drug-likeness (QED) is 0.610. The summed E-state index contributed by atoms with van der Waals surface area (Å²) in [6.45, 7) is 5.55. The second-order valence-electron chi connectivity index (χ2n) is 7.16. The van der Waals surface area contributed by atoms with E-state index in [2.05, 4.69) is 25.5 Å². The number of piperidine rings is 1. The smallest absolute Gasteiger partial charge is 0.326 e. The van der Waals surface area contributed by atoms with E-state index < -0.39 is 6.03 Å². The highest BCUT2D eigenvalue weighted by Crippen LogP contribution is 2.25. The summed E-state index contributed by atoms with van der Waals surface area (Å²) in [4.78, 5) is 33.9. The van der Waals surface area contributed by atoms with Crippen LogP contribution in [0.2, 0.25) is 0 Å². The van der Waals surface area contributed by atoms with Crippen LogP contribution in [-0.2, 0) is 0 Å². The van der Waals surface area contributed by atoms with E-state index in [9.17, 15) is 9.59 Å². The number of rotatable bonds is 6. The van der Waals surface area contributed by atoms with Gasteiger partial charge in [0.2, 0.25) is 5.95 Å². The average Bonchev–Trinajstić information content (AvgIpc) is 2.69. The van der Waals surface area contributed by atoms with Crippen LogP contribution in [-0.4, -0.2) is 47.1 Å². The molecule has 0 unspecified atom stereocenters. The summed E-state index contributed by atoms with van der Waals surface area (Å²) in [5.41, 5.74) is 7.62. The van der Waals surface area contributed by atoms with Crippen LogP contribution in [0.4, 0.5) is 16.4 Å². The fraction of sp³-hybridized carbons (Fsp3) is 0.450. The summed E-state index contributed by atoms with van der Waals surface area (Å²) in [5, 5.41) is 5.33. The van der Waals surface area contributed by atoms with E-state index in [0.717, 1.165) is 44.5 Å². The average molecular weight is 384 g/mol. The van der Waals surface area contributed by atoms with E-state index in [1.165, 1.54) is 0 Å². The van der Waals surface area contributed by atoms with Crippen molar-refractivity contribution in [3.05, 3.63) is 51.9 Å². The molecule has 5 N–H and O–H groups in total. The van der Waals surface area contributed by atoms with Crippen LogP contribution in [0.5, 0.6) is 0 Å². The van der Waals surface area contributed by atoms with Gasteiger partial charge in [-0.25, -0.2) is 4.79 Å². The van der Waals surface area contributed by atoms with Crippen molar-refractivity contribution in [2.45, 2.75) is 32.1 Å². The molecule has 0 atom stereocenters. The molecule has 0 aliphatic carbocycles. The molecule has 0 saturated carbocycles. The summed E-state index contributed by atoms with van der Waals surface area (Å²) in [6.07, 6.45) is 4.53. The van der Waals surface area contributed by atoms with Gasteiger partial charge in [0.25, 0.3) is 5.56 Å². The lowest BCUT2D eigenvalue weighted by molar-refractivity contribution is 0.210. The van der Waals surface area contributed by atoms with Crippen LogP contribution >= 0.6 is 0 Å². The first kappa shape index (κ1) is 20.0. The molecule has 2 aromatic rings. The minimum atomic E-state index is -0.446. The molecule has 1 saturated heterocycles. The minimum Gasteiger partial charge on any atom is -0.332 e. The molecule has 0 radical (unpaired) electrons. The maximum atomic E-state index is 12.5. The van der Waals surface area contributed by atoms with Gasteiger partial charge in [-0.2, -0.15) is 4.98 Å². The molecule has 1 aliphatic heterocycles. The highest BCUT2D eigenvalue weighted by molar-refractivity contribution is 5.99. The molecular weight excluding hydrogens is 356 g/mol. The number of likely N-dealkylation sites (tertiary alicyclic amines) is 1. The van der Waals surface area contributed by atoms with Crippen LogP contribution in [0.15, 0.2) is 35.3 Å². The van der Waals surface area contributed by atoms with Gasteiger partial charge in [-0.1, -0.05) is 18.2 Å². The highest BCUT2D eigenvalue weighted by atomic mass is 16.2. The molecule has 8 nitrogen and oxygen atoms in total. The number of carbonyl (C=O) groups excluding carboxylic acids is 1. The molecule has 3 rings (SSSR count). The van der Waals surface area contributed by atoms with Crippen molar-refractivity contribution in [2.75, 3.05) is 36.8 Å². The number of carbonyl (C=O) groups is 1. The van der Waals surface area contributed by atoms with E-state index >= 15 is 0 Å². The summed E-state index contributed by atoms with van der Waals surface area (Å²) in [6, 6.07) is 7.02. The molecule has 1 aromatic carbocycles. The normalized spacial score (nSPS) is 15.4. The third-order valence-corrected chi connectivity index (χ3v) is 5.16. The van der Waals surface area contributed by atoms with Crippen molar-refractivity contribution in [1.82, 2.24) is 14.9 Å². The monoisotopic (exact) mass is 384 g/mol. The topological polar surface area (TPSA) is 116 Å². The number of H-pyrrole nitrogens is 1. The summed E-state index contributed by atoms with van der Waals surface area (Å²) in [7, 11) is 0. The number of nitrogens with one attached hydrogen (secondary N) is 3. The number of hydrogen-bond donors (Lipinski definition) is 4. The van der Waals surface area contributed by atoms with Gasteiger partial charge in [0.05, 0.1) is 0 Å². The SMILES string of the molecule is Cc1ccccc1NC(=O)Nc1nc(=O)c(C2CCN(CCCN)CC2)c[nH]1. The number of amides is 2. The number of aryl methyl sites for hydroxylation is 1. The van der Waals surface area contributed by atoms with E-state index in [0.29, 0.717) is 17.8 Å². The van der Waals surface area contributed by atoms with Crippen molar-refractivity contribution in [3.63, 3.8) is 0 Å². The van der Waals surface area contributed by atoms with Gasteiger partial charge in [-0.15, -0.1) is 0 Å². The number of urea groups is 1. The number of nitrogens with zero attached hydrogens (tertiary/aromatic N) is 2. The number of aromatic amines is 1. The number of hydrogen-bond acceptors (Lipinski definition) is 5. The van der Waals surface area contributed by atoms with Gasteiger partial charge >= 0.3 is 6.03 Å². The zero-order chi connectivity index (χ0) is 19.9. The largest absolute Gasteiger partial charge is 0.332 e. The van der Waals surface area contributed by atoms with Gasteiger partial charge in [0.1, 0.15) is 0 Å². The number of para-hydroxylation sites is 1. The van der Waals surface area contributed by atoms with E-state index in [1.54, 1.807) is 6.20 Å². The minimum absolute atomic E-state index is 0.139. The second-order valence-corrected chi connectivity index (χ2v) is 7.16. The Morgan fingerprint density at radius 3 is 2.71 bits per heavy atom. The Morgan fingerprint density at radius 1 is 1.29 bits per heavy atom.